The summed E-state index contributed by atoms with van der Waals surface area (Å²) >= 11 is 5.87. The molecule has 0 aliphatic rings. The first-order valence-corrected chi connectivity index (χ1v) is 9.37. The average molecular weight is 420 g/mol. The molecule has 2 N–H and O–H groups in total. The molecule has 0 saturated carbocycles. The molecule has 2 aromatic rings. The van der Waals surface area contributed by atoms with Crippen molar-refractivity contribution < 1.29 is 13.1 Å². The minimum absolute atomic E-state index is 0.444. The standard InChI is InChI=1S/C14H15N5S.2ClH.Cu/c1-11-5-4-7-13(18-11)10-17-19-14(20)16-9-12-6-2-3-8-15-12;;;/h2-8,10H,9H2,1H3,(H2,16,19,20);2*1H;/q;;;+2/p-2. The summed E-state index contributed by atoms with van der Waals surface area (Å²) in [4.78, 5) is 8.49. The quantitative estimate of drug-likeness (QED) is 0.345. The maximum absolute atomic E-state index is 5.11. The topological polar surface area (TPSA) is 62.2 Å². The number of rotatable bonds is 4. The van der Waals surface area contributed by atoms with E-state index in [1.165, 1.54) is 0 Å². The molecule has 9 heteroatoms. The molecule has 0 fully saturated rings. The van der Waals surface area contributed by atoms with Gasteiger partial charge in [0.25, 0.3) is 0 Å². The zero-order chi connectivity index (χ0) is 16.9. The van der Waals surface area contributed by atoms with Crippen molar-refractivity contribution in [3.05, 3.63) is 59.7 Å². The van der Waals surface area contributed by atoms with Crippen molar-refractivity contribution in [3.63, 3.8) is 0 Å². The van der Waals surface area contributed by atoms with Gasteiger partial charge in [0.15, 0.2) is 5.11 Å². The zero-order valence-electron chi connectivity index (χ0n) is 12.1. The third-order valence-electron chi connectivity index (χ3n) is 2.43. The van der Waals surface area contributed by atoms with Crippen molar-refractivity contribution >= 4 is 43.7 Å². The van der Waals surface area contributed by atoms with E-state index < -0.39 is 0 Å². The van der Waals surface area contributed by atoms with Gasteiger partial charge in [-0.2, -0.15) is 5.10 Å². The molecule has 0 radical (unpaired) electrons. The number of aromatic nitrogens is 2. The first-order valence-electron chi connectivity index (χ1n) is 6.37. The summed E-state index contributed by atoms with van der Waals surface area (Å²) in [5.74, 6) is 0. The van der Waals surface area contributed by atoms with Crippen molar-refractivity contribution in [2.75, 3.05) is 0 Å². The fraction of sp³-hybridized carbons (Fsp3) is 0.143. The number of halogens is 2. The van der Waals surface area contributed by atoms with Gasteiger partial charge in [-0.25, -0.2) is 0 Å². The van der Waals surface area contributed by atoms with Gasteiger partial charge in [0.2, 0.25) is 0 Å². The summed E-state index contributed by atoms with van der Waals surface area (Å²) in [5.41, 5.74) is 5.39. The van der Waals surface area contributed by atoms with Crippen molar-refractivity contribution in [2.24, 2.45) is 5.10 Å². The molecule has 23 heavy (non-hydrogen) atoms. The van der Waals surface area contributed by atoms with Crippen molar-refractivity contribution in [1.82, 2.24) is 20.7 Å². The first kappa shape index (κ1) is 19.8. The van der Waals surface area contributed by atoms with Crippen LogP contribution in [0.2, 0.25) is 0 Å². The van der Waals surface area contributed by atoms with Crippen LogP contribution < -0.4 is 10.7 Å². The summed E-state index contributed by atoms with van der Waals surface area (Å²) in [7, 11) is 9.34. The summed E-state index contributed by atoms with van der Waals surface area (Å²) < 4.78 is 0. The Morgan fingerprint density at radius 3 is 2.74 bits per heavy atom. The van der Waals surface area contributed by atoms with Crippen LogP contribution in [-0.2, 0) is 19.7 Å². The van der Waals surface area contributed by atoms with Gasteiger partial charge in [0, 0.05) is 11.9 Å². The van der Waals surface area contributed by atoms with Crippen LogP contribution in [-0.4, -0.2) is 21.3 Å². The van der Waals surface area contributed by atoms with E-state index in [2.05, 4.69) is 46.0 Å². The van der Waals surface area contributed by atoms with Gasteiger partial charge in [0.1, 0.15) is 0 Å². The Balaban J connectivity index is 0.000000816. The van der Waals surface area contributed by atoms with Crippen molar-refractivity contribution in [3.8, 4) is 0 Å². The van der Waals surface area contributed by atoms with Gasteiger partial charge in [-0.1, -0.05) is 12.1 Å². The maximum atomic E-state index is 5.11. The molecular formula is C14H15Cl2CuN5S. The molecule has 0 aliphatic heterocycles. The fourth-order valence-electron chi connectivity index (χ4n) is 1.51. The molecule has 2 heterocycles. The predicted molar refractivity (Wildman–Crippen MR) is 95.1 cm³/mol. The van der Waals surface area contributed by atoms with Crippen LogP contribution in [0.25, 0.3) is 0 Å². The van der Waals surface area contributed by atoms with Gasteiger partial charge >= 0.3 is 33.3 Å². The molecule has 0 spiro atoms. The van der Waals surface area contributed by atoms with E-state index in [1.54, 1.807) is 12.4 Å². The summed E-state index contributed by atoms with van der Waals surface area (Å²) in [5, 5.41) is 7.50. The number of hydrogen-bond donors (Lipinski definition) is 2. The Morgan fingerprint density at radius 1 is 1.30 bits per heavy atom. The summed E-state index contributed by atoms with van der Waals surface area (Å²) in [6.07, 6.45) is 3.37. The Labute approximate surface area is 155 Å². The number of nitrogens with one attached hydrogen (secondary N) is 2. The van der Waals surface area contributed by atoms with Crippen LogP contribution in [0.4, 0.5) is 0 Å². The second-order valence-electron chi connectivity index (χ2n) is 4.12. The second-order valence-corrected chi connectivity index (χ2v) is 6.08. The van der Waals surface area contributed by atoms with E-state index >= 15 is 0 Å². The molecule has 0 aliphatic carbocycles. The Morgan fingerprint density at radius 2 is 2.09 bits per heavy atom. The number of hydrazone groups is 1. The first-order chi connectivity index (χ1) is 11.2. The molecule has 0 atom stereocenters. The minimum atomic E-state index is 0.444. The molecule has 0 unspecified atom stereocenters. The van der Waals surface area contributed by atoms with Crippen LogP contribution in [0.5, 0.6) is 0 Å². The monoisotopic (exact) mass is 418 g/mol. The molecule has 0 saturated heterocycles. The van der Waals surface area contributed by atoms with Gasteiger partial charge in [-0.15, -0.1) is 0 Å². The fourth-order valence-corrected chi connectivity index (χ4v) is 1.63. The van der Waals surface area contributed by atoms with Gasteiger partial charge < -0.3 is 5.32 Å². The number of aryl methyl sites for hydroxylation is 1. The van der Waals surface area contributed by atoms with Crippen molar-refractivity contribution in [2.45, 2.75) is 13.5 Å². The summed E-state index contributed by atoms with van der Waals surface area (Å²) in [6.45, 7) is 2.49. The molecule has 127 valence electrons. The van der Waals surface area contributed by atoms with E-state index in [0.29, 0.717) is 11.7 Å². The normalized spacial score (nSPS) is 10.0. The van der Waals surface area contributed by atoms with Gasteiger partial charge in [-0.05, 0) is 43.4 Å². The second kappa shape index (κ2) is 12.2. The van der Waals surface area contributed by atoms with E-state index in [9.17, 15) is 0 Å². The van der Waals surface area contributed by atoms with Crippen LogP contribution in [0.15, 0.2) is 47.7 Å². The Hall–Kier alpha value is -1.24. The average Bonchev–Trinajstić information content (AvgIpc) is 2.55. The van der Waals surface area contributed by atoms with Crippen LogP contribution in [0.1, 0.15) is 17.1 Å². The van der Waals surface area contributed by atoms with Gasteiger partial charge in [-0.3, -0.25) is 15.4 Å². The molecular weight excluding hydrogens is 405 g/mol. The SMILES string of the molecule is Cc1cccc(C=NNC(=S)NCc2ccccn2)n1.[Cl][Cu][Cl]. The third kappa shape index (κ3) is 9.48. The Kier molecular flexibility index (Phi) is 10.5. The molecule has 0 aromatic carbocycles. The third-order valence-corrected chi connectivity index (χ3v) is 2.66. The number of thiocarbonyl (C=S) groups is 1. The van der Waals surface area contributed by atoms with Crippen molar-refractivity contribution in [1.29, 1.82) is 0 Å². The van der Waals surface area contributed by atoms with E-state index in [0.717, 1.165) is 30.2 Å². The van der Waals surface area contributed by atoms with Crippen LogP contribution >= 0.6 is 32.4 Å². The molecule has 2 rings (SSSR count). The number of hydrogen-bond acceptors (Lipinski definition) is 4. The molecule has 5 nitrogen and oxygen atoms in total. The van der Waals surface area contributed by atoms with E-state index in [-0.39, 0.29) is 0 Å². The van der Waals surface area contributed by atoms with Crippen LogP contribution in [0, 0.1) is 6.92 Å². The van der Waals surface area contributed by atoms with Crippen LogP contribution in [0.3, 0.4) is 0 Å². The van der Waals surface area contributed by atoms with E-state index in [1.807, 2.05) is 43.3 Å². The van der Waals surface area contributed by atoms with E-state index in [4.69, 9.17) is 12.2 Å². The summed E-state index contributed by atoms with van der Waals surface area (Å²) in [6, 6.07) is 11.5. The number of pyridine rings is 2. The number of nitrogens with zero attached hydrogens (tertiary/aromatic N) is 3. The predicted octanol–water partition coefficient (Wildman–Crippen LogP) is 3.16. The Bertz CT molecular complexity index is 628. The van der Waals surface area contributed by atoms with Gasteiger partial charge in [0.05, 0.1) is 24.1 Å². The zero-order valence-corrected chi connectivity index (χ0v) is 15.4. The molecule has 2 aromatic heterocycles. The molecule has 0 amide bonds. The molecule has 0 bridgehead atoms.